The second-order valence-corrected chi connectivity index (χ2v) is 12.3. The second kappa shape index (κ2) is 10.5. The van der Waals surface area contributed by atoms with E-state index in [2.05, 4.69) is 38.3 Å². The molecule has 4 unspecified atom stereocenters. The molecule has 33 heavy (non-hydrogen) atoms. The van der Waals surface area contributed by atoms with E-state index in [0.29, 0.717) is 13.0 Å². The van der Waals surface area contributed by atoms with Gasteiger partial charge in [-0.25, -0.2) is 0 Å². The third kappa shape index (κ3) is 4.54. The molecular formula is C25H43N3O4S. The summed E-state index contributed by atoms with van der Waals surface area (Å²) in [6, 6.07) is -1.09. The maximum Gasteiger partial charge on any atom is 0.244 e. The molecule has 0 aromatic heterocycles. The number of hydrogen-bond acceptors (Lipinski definition) is 5. The lowest BCUT2D eigenvalue weighted by atomic mass is 9.66. The summed E-state index contributed by atoms with van der Waals surface area (Å²) in [6.45, 7) is 12.7. The Hall–Kier alpha value is -1.28. The van der Waals surface area contributed by atoms with Gasteiger partial charge in [0, 0.05) is 17.8 Å². The van der Waals surface area contributed by atoms with Crippen LogP contribution in [0.25, 0.3) is 0 Å². The number of aliphatic hydroxyl groups excluding tert-OH is 1. The molecule has 3 fully saturated rings. The molecule has 188 valence electrons. The van der Waals surface area contributed by atoms with E-state index in [0.717, 1.165) is 25.7 Å². The van der Waals surface area contributed by atoms with Crippen molar-refractivity contribution in [1.82, 2.24) is 15.5 Å². The minimum absolute atomic E-state index is 0.00939. The van der Waals surface area contributed by atoms with Gasteiger partial charge >= 0.3 is 0 Å². The first-order chi connectivity index (χ1) is 15.6. The predicted molar refractivity (Wildman–Crippen MR) is 132 cm³/mol. The highest BCUT2D eigenvalue weighted by Gasteiger charge is 2.76. The molecule has 3 saturated heterocycles. The van der Waals surface area contributed by atoms with E-state index >= 15 is 0 Å². The maximum absolute atomic E-state index is 14.1. The van der Waals surface area contributed by atoms with Gasteiger partial charge in [-0.15, -0.1) is 11.8 Å². The smallest absolute Gasteiger partial charge is 0.244 e. The van der Waals surface area contributed by atoms with Gasteiger partial charge < -0.3 is 20.6 Å². The molecule has 0 saturated carbocycles. The summed E-state index contributed by atoms with van der Waals surface area (Å²) in [7, 11) is 0. The molecular weight excluding hydrogens is 438 g/mol. The minimum Gasteiger partial charge on any atom is -0.394 e. The van der Waals surface area contributed by atoms with E-state index in [9.17, 15) is 19.5 Å². The number of fused-ring (bicyclic) bond motifs is 1. The molecule has 1 spiro atoms. The number of thioether (sulfide) groups is 1. The van der Waals surface area contributed by atoms with Crippen molar-refractivity contribution in [3.8, 4) is 0 Å². The summed E-state index contributed by atoms with van der Waals surface area (Å²) in [5.41, 5.74) is 0. The van der Waals surface area contributed by atoms with Crippen LogP contribution < -0.4 is 10.6 Å². The van der Waals surface area contributed by atoms with Crippen LogP contribution in [-0.2, 0) is 14.4 Å². The lowest BCUT2D eigenvalue weighted by Crippen LogP contribution is -2.59. The zero-order valence-electron chi connectivity index (χ0n) is 21.1. The van der Waals surface area contributed by atoms with Crippen LogP contribution in [-0.4, -0.2) is 69.0 Å². The van der Waals surface area contributed by atoms with Gasteiger partial charge in [-0.3, -0.25) is 14.4 Å². The molecule has 0 radical (unpaired) electrons. The summed E-state index contributed by atoms with van der Waals surface area (Å²) in [5.74, 6) is -0.868. The highest BCUT2D eigenvalue weighted by Crippen LogP contribution is 2.68. The average Bonchev–Trinajstić information content (AvgIpc) is 3.34. The number of carbonyl (C=O) groups is 3. The van der Waals surface area contributed by atoms with Crippen molar-refractivity contribution < 1.29 is 19.5 Å². The predicted octanol–water partition coefficient (Wildman–Crippen LogP) is 2.56. The van der Waals surface area contributed by atoms with Crippen molar-refractivity contribution in [3.63, 3.8) is 0 Å². The second-order valence-electron chi connectivity index (χ2n) is 10.8. The van der Waals surface area contributed by atoms with E-state index in [4.69, 9.17) is 0 Å². The third-order valence-corrected chi connectivity index (χ3v) is 9.82. The molecule has 7 nitrogen and oxygen atoms in total. The molecule has 8 heteroatoms. The first-order valence-corrected chi connectivity index (χ1v) is 13.7. The van der Waals surface area contributed by atoms with Crippen LogP contribution in [0.3, 0.4) is 0 Å². The summed E-state index contributed by atoms with van der Waals surface area (Å²) in [5, 5.41) is 16.5. The number of carbonyl (C=O) groups excluding carboxylic acids is 3. The first kappa shape index (κ1) is 26.3. The molecule has 3 aliphatic rings. The van der Waals surface area contributed by atoms with Crippen LogP contribution in [0.15, 0.2) is 0 Å². The summed E-state index contributed by atoms with van der Waals surface area (Å²) in [4.78, 5) is 42.8. The number of rotatable bonds is 11. The fraction of sp³-hybridized carbons (Fsp3) is 0.880. The number of hydrogen-bond donors (Lipinski definition) is 3. The summed E-state index contributed by atoms with van der Waals surface area (Å²) >= 11 is 1.69. The van der Waals surface area contributed by atoms with Crippen LogP contribution in [0, 0.1) is 23.7 Å². The van der Waals surface area contributed by atoms with Gasteiger partial charge in [-0.1, -0.05) is 41.0 Å². The minimum atomic E-state index is -0.667. The van der Waals surface area contributed by atoms with Crippen molar-refractivity contribution >= 4 is 29.5 Å². The van der Waals surface area contributed by atoms with Gasteiger partial charge in [0.25, 0.3) is 0 Å². The maximum atomic E-state index is 14.1. The van der Waals surface area contributed by atoms with Crippen molar-refractivity contribution in [1.29, 1.82) is 0 Å². The zero-order valence-corrected chi connectivity index (χ0v) is 21.9. The van der Waals surface area contributed by atoms with E-state index in [1.807, 2.05) is 13.8 Å². The molecule has 3 heterocycles. The van der Waals surface area contributed by atoms with E-state index < -0.39 is 28.7 Å². The number of nitrogens with zero attached hydrogens (tertiary/aromatic N) is 1. The van der Waals surface area contributed by atoms with Crippen LogP contribution in [0.2, 0.25) is 0 Å². The Labute approximate surface area is 203 Å². The fourth-order valence-electron chi connectivity index (χ4n) is 6.47. The van der Waals surface area contributed by atoms with Crippen molar-refractivity contribution in [2.45, 2.75) is 102 Å². The van der Waals surface area contributed by atoms with Gasteiger partial charge in [-0.2, -0.15) is 0 Å². The number of aliphatic hydroxyl groups is 1. The SMILES string of the molecule is CCCNC(=O)[C@@H]1[C@@H]2CC(C)C3(S2)C(C(=O)NC(C)CCC)N([C@@H](CO)CC(C)C)C(=O)[C@H]13. The Morgan fingerprint density at radius 1 is 1.21 bits per heavy atom. The normalized spacial score (nSPS) is 34.5. The summed E-state index contributed by atoms with van der Waals surface area (Å²) < 4.78 is -0.629. The van der Waals surface area contributed by atoms with E-state index in [-0.39, 0.29) is 47.5 Å². The van der Waals surface area contributed by atoms with Crippen molar-refractivity contribution in [3.05, 3.63) is 0 Å². The number of amides is 3. The molecule has 0 aromatic rings. The molecule has 3 N–H and O–H groups in total. The Morgan fingerprint density at radius 2 is 1.91 bits per heavy atom. The van der Waals surface area contributed by atoms with Gasteiger partial charge in [-0.05, 0) is 44.4 Å². The Bertz CT molecular complexity index is 747. The quantitative estimate of drug-likeness (QED) is 0.421. The fourth-order valence-corrected chi connectivity index (χ4v) is 8.87. The molecule has 3 amide bonds. The topological polar surface area (TPSA) is 98.7 Å². The van der Waals surface area contributed by atoms with E-state index in [1.54, 1.807) is 16.7 Å². The Balaban J connectivity index is 2.04. The zero-order chi connectivity index (χ0) is 24.5. The molecule has 3 rings (SSSR count). The van der Waals surface area contributed by atoms with E-state index in [1.165, 1.54) is 0 Å². The molecule has 2 bridgehead atoms. The molecule has 0 aromatic carbocycles. The van der Waals surface area contributed by atoms with Gasteiger partial charge in [0.05, 0.1) is 29.2 Å². The Morgan fingerprint density at radius 3 is 2.48 bits per heavy atom. The van der Waals surface area contributed by atoms with Crippen molar-refractivity contribution in [2.24, 2.45) is 23.7 Å². The van der Waals surface area contributed by atoms with Crippen LogP contribution in [0.1, 0.15) is 73.6 Å². The van der Waals surface area contributed by atoms with Crippen LogP contribution >= 0.6 is 11.8 Å². The Kier molecular flexibility index (Phi) is 8.41. The number of nitrogens with one attached hydrogen (secondary N) is 2. The lowest BCUT2D eigenvalue weighted by molar-refractivity contribution is -0.143. The monoisotopic (exact) mass is 481 g/mol. The molecule has 3 aliphatic heterocycles. The summed E-state index contributed by atoms with van der Waals surface area (Å²) in [6.07, 6.45) is 4.11. The van der Waals surface area contributed by atoms with Gasteiger partial charge in [0.1, 0.15) is 6.04 Å². The highest BCUT2D eigenvalue weighted by atomic mass is 32.2. The third-order valence-electron chi connectivity index (χ3n) is 7.74. The van der Waals surface area contributed by atoms with Crippen LogP contribution in [0.5, 0.6) is 0 Å². The molecule has 8 atom stereocenters. The highest BCUT2D eigenvalue weighted by molar-refractivity contribution is 8.02. The standard InChI is InChI=1S/C25H43N3O4S/c1-7-9-16(6)27-23(31)21-25-15(5)12-18(33-25)19(22(30)26-10-8-2)20(25)24(32)28(21)17(13-29)11-14(3)4/h14-21,29H,7-13H2,1-6H3,(H,26,30)(H,27,31)/t15?,16?,17-,18+,19-,20+,21?,25?/m1/s1. The first-order valence-electron chi connectivity index (χ1n) is 12.8. The largest absolute Gasteiger partial charge is 0.394 e. The number of likely N-dealkylation sites (tertiary alicyclic amines) is 1. The molecule has 0 aliphatic carbocycles. The van der Waals surface area contributed by atoms with Crippen LogP contribution in [0.4, 0.5) is 0 Å². The van der Waals surface area contributed by atoms with Gasteiger partial charge in [0.2, 0.25) is 17.7 Å². The van der Waals surface area contributed by atoms with Gasteiger partial charge in [0.15, 0.2) is 0 Å². The lowest BCUT2D eigenvalue weighted by Gasteiger charge is -2.40. The average molecular weight is 482 g/mol. The van der Waals surface area contributed by atoms with Crippen molar-refractivity contribution in [2.75, 3.05) is 13.2 Å².